The van der Waals surface area contributed by atoms with Crippen LogP contribution in [0.3, 0.4) is 0 Å². The first-order chi connectivity index (χ1) is 9.03. The van der Waals surface area contributed by atoms with Crippen molar-refractivity contribution in [2.24, 2.45) is 11.7 Å². The monoisotopic (exact) mass is 362 g/mol. The first kappa shape index (κ1) is 17.3. The predicted molar refractivity (Wildman–Crippen MR) is 85.2 cm³/mol. The van der Waals surface area contributed by atoms with Gasteiger partial charge in [0.05, 0.1) is 5.54 Å². The van der Waals surface area contributed by atoms with E-state index in [4.69, 9.17) is 10.5 Å². The molecular weight excluding hydrogens is 344 g/mol. The molecule has 3 N–H and O–H groups in total. The van der Waals surface area contributed by atoms with Crippen molar-refractivity contribution in [3.8, 4) is 5.75 Å². The Bertz CT molecular complexity index is 468. The van der Waals surface area contributed by atoms with Crippen LogP contribution in [0.4, 0.5) is 0 Å². The standard InChI is InChI=1S/C14H19BrN2O2.ClH/c1-14(9-16,10-5-6-10)17-13(18)8-19-12-4-2-3-11(15)7-12;/h2-4,7,10H,5-6,8-9,16H2,1H3,(H,17,18);1H. The molecule has 2 rings (SSSR count). The van der Waals surface area contributed by atoms with Gasteiger partial charge in [0.1, 0.15) is 5.75 Å². The minimum Gasteiger partial charge on any atom is -0.484 e. The van der Waals surface area contributed by atoms with Gasteiger partial charge in [0, 0.05) is 11.0 Å². The van der Waals surface area contributed by atoms with Gasteiger partial charge in [-0.3, -0.25) is 4.79 Å². The molecule has 1 aromatic rings. The Morgan fingerprint density at radius 1 is 1.55 bits per heavy atom. The van der Waals surface area contributed by atoms with Crippen molar-refractivity contribution >= 4 is 34.2 Å². The van der Waals surface area contributed by atoms with Crippen LogP contribution < -0.4 is 15.8 Å². The maximum Gasteiger partial charge on any atom is 0.258 e. The molecule has 1 unspecified atom stereocenters. The molecule has 1 atom stereocenters. The zero-order valence-electron chi connectivity index (χ0n) is 11.4. The summed E-state index contributed by atoms with van der Waals surface area (Å²) < 4.78 is 6.38. The molecule has 4 nitrogen and oxygen atoms in total. The van der Waals surface area contributed by atoms with E-state index in [2.05, 4.69) is 21.2 Å². The summed E-state index contributed by atoms with van der Waals surface area (Å²) in [6.07, 6.45) is 2.28. The molecule has 1 aromatic carbocycles. The Kier molecular flexibility index (Phi) is 6.30. The second-order valence-corrected chi connectivity index (χ2v) is 6.11. The van der Waals surface area contributed by atoms with Gasteiger partial charge in [0.25, 0.3) is 5.91 Å². The van der Waals surface area contributed by atoms with Crippen molar-refractivity contribution in [1.82, 2.24) is 5.32 Å². The van der Waals surface area contributed by atoms with Crippen LogP contribution in [0.15, 0.2) is 28.7 Å². The lowest BCUT2D eigenvalue weighted by atomic mass is 9.96. The molecule has 0 spiro atoms. The van der Waals surface area contributed by atoms with E-state index in [9.17, 15) is 4.79 Å². The predicted octanol–water partition coefficient (Wildman–Crippen LogP) is 2.49. The highest BCUT2D eigenvalue weighted by molar-refractivity contribution is 9.10. The molecule has 0 heterocycles. The Labute approximate surface area is 134 Å². The fourth-order valence-electron chi connectivity index (χ4n) is 2.10. The number of nitrogens with two attached hydrogens (primary N) is 1. The summed E-state index contributed by atoms with van der Waals surface area (Å²) in [5, 5.41) is 2.99. The molecule has 1 saturated carbocycles. The van der Waals surface area contributed by atoms with E-state index in [1.54, 1.807) is 0 Å². The Morgan fingerprint density at radius 3 is 2.80 bits per heavy atom. The smallest absolute Gasteiger partial charge is 0.258 e. The Morgan fingerprint density at radius 2 is 2.25 bits per heavy atom. The topological polar surface area (TPSA) is 64.3 Å². The molecule has 1 aliphatic carbocycles. The molecule has 6 heteroatoms. The zero-order valence-corrected chi connectivity index (χ0v) is 13.8. The molecule has 1 fully saturated rings. The molecule has 112 valence electrons. The number of carbonyl (C=O) groups is 1. The SMILES string of the molecule is CC(CN)(NC(=O)COc1cccc(Br)c1)C1CC1.Cl. The van der Waals surface area contributed by atoms with Crippen LogP contribution in [0.5, 0.6) is 5.75 Å². The normalized spacial score (nSPS) is 16.8. The highest BCUT2D eigenvalue weighted by Crippen LogP contribution is 2.38. The maximum atomic E-state index is 11.9. The van der Waals surface area contributed by atoms with Crippen molar-refractivity contribution < 1.29 is 9.53 Å². The highest BCUT2D eigenvalue weighted by Gasteiger charge is 2.41. The second kappa shape index (κ2) is 7.29. The average molecular weight is 364 g/mol. The first-order valence-corrected chi connectivity index (χ1v) is 7.22. The molecule has 20 heavy (non-hydrogen) atoms. The number of nitrogens with one attached hydrogen (secondary N) is 1. The summed E-state index contributed by atoms with van der Waals surface area (Å²) in [6, 6.07) is 7.42. The van der Waals surface area contributed by atoms with Gasteiger partial charge in [-0.1, -0.05) is 22.0 Å². The summed E-state index contributed by atoms with van der Waals surface area (Å²) in [5.41, 5.74) is 5.47. The molecule has 0 aliphatic heterocycles. The fourth-order valence-corrected chi connectivity index (χ4v) is 2.48. The van der Waals surface area contributed by atoms with Crippen LogP contribution in [0.1, 0.15) is 19.8 Å². The molecular formula is C14H20BrClN2O2. The number of halogens is 2. The van der Waals surface area contributed by atoms with E-state index in [1.807, 2.05) is 31.2 Å². The summed E-state index contributed by atoms with van der Waals surface area (Å²) in [4.78, 5) is 11.9. The number of rotatable bonds is 6. The summed E-state index contributed by atoms with van der Waals surface area (Å²) >= 11 is 3.36. The van der Waals surface area contributed by atoms with Crippen LogP contribution in [0.2, 0.25) is 0 Å². The number of benzene rings is 1. The minimum absolute atomic E-state index is 0. The Balaban J connectivity index is 0.00000200. The molecule has 0 aromatic heterocycles. The highest BCUT2D eigenvalue weighted by atomic mass is 79.9. The van der Waals surface area contributed by atoms with Crippen LogP contribution in [0, 0.1) is 5.92 Å². The van der Waals surface area contributed by atoms with Crippen molar-refractivity contribution in [3.63, 3.8) is 0 Å². The van der Waals surface area contributed by atoms with Gasteiger partial charge in [-0.05, 0) is 43.9 Å². The van der Waals surface area contributed by atoms with Crippen molar-refractivity contribution in [1.29, 1.82) is 0 Å². The maximum absolute atomic E-state index is 11.9. The largest absolute Gasteiger partial charge is 0.484 e. The second-order valence-electron chi connectivity index (χ2n) is 5.19. The summed E-state index contributed by atoms with van der Waals surface area (Å²) in [5.74, 6) is 1.05. The lowest BCUT2D eigenvalue weighted by molar-refractivity contribution is -0.125. The van der Waals surface area contributed by atoms with Gasteiger partial charge in [0.2, 0.25) is 0 Å². The number of amides is 1. The van der Waals surface area contributed by atoms with Crippen molar-refractivity contribution in [2.45, 2.75) is 25.3 Å². The number of hydrogen-bond donors (Lipinski definition) is 2. The van der Waals surface area contributed by atoms with Crippen LogP contribution in [0.25, 0.3) is 0 Å². The van der Waals surface area contributed by atoms with E-state index in [-0.39, 0.29) is 30.5 Å². The lowest BCUT2D eigenvalue weighted by Crippen LogP contribution is -2.54. The summed E-state index contributed by atoms with van der Waals surface area (Å²) in [6.45, 7) is 2.47. The Hall–Kier alpha value is -0.780. The quantitative estimate of drug-likeness (QED) is 0.816. The van der Waals surface area contributed by atoms with Gasteiger partial charge in [-0.15, -0.1) is 12.4 Å². The van der Waals surface area contributed by atoms with Gasteiger partial charge in [-0.2, -0.15) is 0 Å². The van der Waals surface area contributed by atoms with Crippen molar-refractivity contribution in [2.75, 3.05) is 13.2 Å². The van der Waals surface area contributed by atoms with Crippen LogP contribution in [-0.4, -0.2) is 24.6 Å². The van der Waals surface area contributed by atoms with Crippen LogP contribution in [-0.2, 0) is 4.79 Å². The molecule has 0 radical (unpaired) electrons. The lowest BCUT2D eigenvalue weighted by Gasteiger charge is -2.29. The van der Waals surface area contributed by atoms with E-state index in [0.29, 0.717) is 18.2 Å². The first-order valence-electron chi connectivity index (χ1n) is 6.43. The average Bonchev–Trinajstić information content (AvgIpc) is 3.21. The fraction of sp³-hybridized carbons (Fsp3) is 0.500. The van der Waals surface area contributed by atoms with Crippen molar-refractivity contribution in [3.05, 3.63) is 28.7 Å². The molecule has 0 saturated heterocycles. The third-order valence-electron chi connectivity index (χ3n) is 3.49. The molecule has 1 amide bonds. The number of hydrogen-bond acceptors (Lipinski definition) is 3. The van der Waals surface area contributed by atoms with Gasteiger partial charge in [-0.25, -0.2) is 0 Å². The third kappa shape index (κ3) is 4.65. The van der Waals surface area contributed by atoms with Crippen LogP contribution >= 0.6 is 28.3 Å². The molecule has 1 aliphatic rings. The van der Waals surface area contributed by atoms with E-state index in [1.165, 1.54) is 0 Å². The van der Waals surface area contributed by atoms with Gasteiger partial charge < -0.3 is 15.8 Å². The van der Waals surface area contributed by atoms with Gasteiger partial charge in [0.15, 0.2) is 6.61 Å². The van der Waals surface area contributed by atoms with E-state index >= 15 is 0 Å². The third-order valence-corrected chi connectivity index (χ3v) is 3.99. The van der Waals surface area contributed by atoms with E-state index < -0.39 is 0 Å². The number of ether oxygens (including phenoxy) is 1. The molecule has 0 bridgehead atoms. The zero-order chi connectivity index (χ0) is 13.9. The minimum atomic E-state index is -0.294. The number of carbonyl (C=O) groups excluding carboxylic acids is 1. The summed E-state index contributed by atoms with van der Waals surface area (Å²) in [7, 11) is 0. The van der Waals surface area contributed by atoms with Gasteiger partial charge >= 0.3 is 0 Å². The van der Waals surface area contributed by atoms with E-state index in [0.717, 1.165) is 17.3 Å².